The Morgan fingerprint density at radius 1 is 1.24 bits per heavy atom. The number of thioether (sulfide) groups is 1. The van der Waals surface area contributed by atoms with Crippen molar-refractivity contribution < 1.29 is 9.59 Å². The van der Waals surface area contributed by atoms with Crippen molar-refractivity contribution in [2.45, 2.75) is 20.4 Å². The van der Waals surface area contributed by atoms with Gasteiger partial charge in [0, 0.05) is 29.8 Å². The summed E-state index contributed by atoms with van der Waals surface area (Å²) in [5.41, 5.74) is 1.91. The van der Waals surface area contributed by atoms with E-state index in [0.717, 1.165) is 15.4 Å². The zero-order valence-corrected chi connectivity index (χ0v) is 17.2. The molecule has 148 valence electrons. The number of allylic oxidation sites excluding steroid dienone is 2. The Hall–Kier alpha value is -3.37. The van der Waals surface area contributed by atoms with Gasteiger partial charge in [-0.15, -0.1) is 0 Å². The summed E-state index contributed by atoms with van der Waals surface area (Å²) in [4.78, 5) is 30.6. The fraction of sp³-hybridized carbons (Fsp3) is 0.182. The highest BCUT2D eigenvalue weighted by Gasteiger charge is 2.09. The number of rotatable bonds is 8. The van der Waals surface area contributed by atoms with Crippen molar-refractivity contribution in [2.24, 2.45) is 0 Å². The fourth-order valence-corrected chi connectivity index (χ4v) is 3.07. The first kappa shape index (κ1) is 21.9. The molecular formula is C22H22N4O2S. The molecule has 0 aliphatic rings. The van der Waals surface area contributed by atoms with Gasteiger partial charge in [0.25, 0.3) is 11.8 Å². The normalized spacial score (nSPS) is 10.7. The van der Waals surface area contributed by atoms with Crippen LogP contribution < -0.4 is 10.6 Å². The zero-order valence-electron chi connectivity index (χ0n) is 16.4. The third kappa shape index (κ3) is 6.94. The molecule has 0 saturated carbocycles. The van der Waals surface area contributed by atoms with Gasteiger partial charge in [-0.25, -0.2) is 0 Å². The van der Waals surface area contributed by atoms with Crippen LogP contribution in [0, 0.1) is 11.3 Å². The van der Waals surface area contributed by atoms with Crippen LogP contribution in [0.5, 0.6) is 0 Å². The lowest BCUT2D eigenvalue weighted by atomic mass is 10.1. The molecule has 0 aliphatic carbocycles. The van der Waals surface area contributed by atoms with Crippen molar-refractivity contribution in [3.8, 4) is 6.07 Å². The van der Waals surface area contributed by atoms with Crippen LogP contribution in [0.2, 0.25) is 0 Å². The first-order valence-corrected chi connectivity index (χ1v) is 9.74. The van der Waals surface area contributed by atoms with Crippen LogP contribution in [0.25, 0.3) is 0 Å². The second-order valence-corrected chi connectivity index (χ2v) is 7.59. The highest BCUT2D eigenvalue weighted by atomic mass is 32.2. The Morgan fingerprint density at radius 2 is 2.03 bits per heavy atom. The number of nitrogens with one attached hydrogen (secondary N) is 2. The summed E-state index contributed by atoms with van der Waals surface area (Å²) in [7, 11) is 0. The van der Waals surface area contributed by atoms with Crippen molar-refractivity contribution in [3.63, 3.8) is 0 Å². The number of carbonyl (C=O) groups is 2. The lowest BCUT2D eigenvalue weighted by Gasteiger charge is -2.09. The molecule has 2 amide bonds. The van der Waals surface area contributed by atoms with Gasteiger partial charge in [0.1, 0.15) is 5.69 Å². The first-order valence-electron chi connectivity index (χ1n) is 8.93. The average Bonchev–Trinajstić information content (AvgIpc) is 2.74. The van der Waals surface area contributed by atoms with Crippen molar-refractivity contribution in [3.05, 3.63) is 87.4 Å². The molecule has 0 unspecified atom stereocenters. The molecular weight excluding hydrogens is 384 g/mol. The number of hydrogen-bond acceptors (Lipinski definition) is 5. The summed E-state index contributed by atoms with van der Waals surface area (Å²) in [6, 6.07) is 11.9. The highest BCUT2D eigenvalue weighted by Crippen LogP contribution is 2.22. The van der Waals surface area contributed by atoms with E-state index in [1.807, 2.05) is 26.0 Å². The number of nitriles is 1. The van der Waals surface area contributed by atoms with Gasteiger partial charge in [-0.2, -0.15) is 5.26 Å². The van der Waals surface area contributed by atoms with Gasteiger partial charge in [-0.05, 0) is 48.6 Å². The van der Waals surface area contributed by atoms with Crippen LogP contribution in [0.15, 0.2) is 65.1 Å². The number of benzene rings is 1. The molecule has 0 aliphatic heterocycles. The first-order chi connectivity index (χ1) is 13.9. The van der Waals surface area contributed by atoms with Crippen LogP contribution in [-0.2, 0) is 6.54 Å². The molecule has 2 N–H and O–H groups in total. The fourth-order valence-electron chi connectivity index (χ4n) is 2.36. The molecule has 1 heterocycles. The van der Waals surface area contributed by atoms with Crippen LogP contribution in [-0.4, -0.2) is 23.3 Å². The number of pyridine rings is 1. The van der Waals surface area contributed by atoms with Crippen molar-refractivity contribution in [1.29, 1.82) is 5.26 Å². The molecule has 29 heavy (non-hydrogen) atoms. The number of aromatic nitrogens is 1. The standard InChI is InChI=1S/C22H22N4O2S/c1-4-19(29-15(2)3)14-26-22(28)20-9-8-17(12-24-20)13-25-21(27)18-7-5-6-16(10-18)11-23/h4-10,12H,2,13-14H2,1,3H3,(H,25,27)(H,26,28). The quantitative estimate of drug-likeness (QED) is 0.696. The van der Waals surface area contributed by atoms with Crippen molar-refractivity contribution >= 4 is 23.6 Å². The summed E-state index contributed by atoms with van der Waals surface area (Å²) < 4.78 is 0. The SMILES string of the molecule is C=C(C)SC(=CC)CNC(=O)c1ccc(CNC(=O)c2cccc(C#N)c2)cn1. The van der Waals surface area contributed by atoms with Gasteiger partial charge in [0.15, 0.2) is 0 Å². The maximum Gasteiger partial charge on any atom is 0.270 e. The Kier molecular flexibility index (Phi) is 8.19. The van der Waals surface area contributed by atoms with Gasteiger partial charge < -0.3 is 10.6 Å². The Balaban J connectivity index is 1.89. The third-order valence-corrected chi connectivity index (χ3v) is 4.81. The Labute approximate surface area is 174 Å². The molecule has 0 saturated heterocycles. The van der Waals surface area contributed by atoms with E-state index < -0.39 is 0 Å². The average molecular weight is 407 g/mol. The van der Waals surface area contributed by atoms with Crippen LogP contribution in [0.4, 0.5) is 0 Å². The maximum absolute atomic E-state index is 12.2. The van der Waals surface area contributed by atoms with E-state index in [2.05, 4.69) is 22.2 Å². The van der Waals surface area contributed by atoms with Crippen molar-refractivity contribution in [2.75, 3.05) is 6.54 Å². The topological polar surface area (TPSA) is 94.9 Å². The van der Waals surface area contributed by atoms with E-state index >= 15 is 0 Å². The molecule has 7 heteroatoms. The predicted molar refractivity (Wildman–Crippen MR) is 115 cm³/mol. The lowest BCUT2D eigenvalue weighted by Crippen LogP contribution is -2.26. The minimum Gasteiger partial charge on any atom is -0.348 e. The summed E-state index contributed by atoms with van der Waals surface area (Å²) in [6.45, 7) is 8.35. The summed E-state index contributed by atoms with van der Waals surface area (Å²) in [5, 5.41) is 14.5. The van der Waals surface area contributed by atoms with E-state index in [0.29, 0.717) is 23.4 Å². The van der Waals surface area contributed by atoms with E-state index in [1.165, 1.54) is 17.8 Å². The third-order valence-electron chi connectivity index (χ3n) is 3.81. The molecule has 2 rings (SSSR count). The zero-order chi connectivity index (χ0) is 21.2. The van der Waals surface area contributed by atoms with Crippen LogP contribution >= 0.6 is 11.8 Å². The smallest absolute Gasteiger partial charge is 0.270 e. The van der Waals surface area contributed by atoms with E-state index in [-0.39, 0.29) is 18.4 Å². The molecule has 0 fully saturated rings. The van der Waals surface area contributed by atoms with Crippen molar-refractivity contribution in [1.82, 2.24) is 15.6 Å². The maximum atomic E-state index is 12.2. The second-order valence-electron chi connectivity index (χ2n) is 6.17. The molecule has 6 nitrogen and oxygen atoms in total. The minimum absolute atomic E-state index is 0.266. The van der Waals surface area contributed by atoms with E-state index in [4.69, 9.17) is 5.26 Å². The highest BCUT2D eigenvalue weighted by molar-refractivity contribution is 8.06. The summed E-state index contributed by atoms with van der Waals surface area (Å²) in [5.74, 6) is -0.548. The molecule has 0 spiro atoms. The molecule has 1 aromatic carbocycles. The number of nitrogens with zero attached hydrogens (tertiary/aromatic N) is 2. The Morgan fingerprint density at radius 3 is 2.66 bits per heavy atom. The Bertz CT molecular complexity index is 975. The molecule has 0 atom stereocenters. The largest absolute Gasteiger partial charge is 0.348 e. The minimum atomic E-state index is -0.280. The summed E-state index contributed by atoms with van der Waals surface area (Å²) >= 11 is 1.52. The second kappa shape index (κ2) is 10.8. The number of carbonyl (C=O) groups excluding carboxylic acids is 2. The molecule has 0 radical (unpaired) electrons. The lowest BCUT2D eigenvalue weighted by molar-refractivity contribution is 0.0942. The van der Waals surface area contributed by atoms with Gasteiger partial charge >= 0.3 is 0 Å². The predicted octanol–water partition coefficient (Wildman–Crippen LogP) is 3.78. The van der Waals surface area contributed by atoms with Gasteiger partial charge in [0.05, 0.1) is 11.6 Å². The van der Waals surface area contributed by atoms with Gasteiger partial charge in [0.2, 0.25) is 0 Å². The number of amides is 2. The molecule has 1 aromatic heterocycles. The van der Waals surface area contributed by atoms with Crippen LogP contribution in [0.3, 0.4) is 0 Å². The number of hydrogen-bond donors (Lipinski definition) is 2. The van der Waals surface area contributed by atoms with E-state index in [9.17, 15) is 9.59 Å². The van der Waals surface area contributed by atoms with Gasteiger partial charge in [-0.1, -0.05) is 36.5 Å². The molecule has 0 bridgehead atoms. The van der Waals surface area contributed by atoms with E-state index in [1.54, 1.807) is 36.5 Å². The van der Waals surface area contributed by atoms with Crippen LogP contribution in [0.1, 0.15) is 45.8 Å². The van der Waals surface area contributed by atoms with Gasteiger partial charge in [-0.3, -0.25) is 14.6 Å². The summed E-state index contributed by atoms with van der Waals surface area (Å²) in [6.07, 6.45) is 3.49. The molecule has 2 aromatic rings. The monoisotopic (exact) mass is 406 g/mol.